The highest BCUT2D eigenvalue weighted by Crippen LogP contribution is 2.28. The quantitative estimate of drug-likeness (QED) is 0.861. The minimum Gasteiger partial charge on any atom is -0.495 e. The van der Waals surface area contributed by atoms with E-state index in [0.29, 0.717) is 10.8 Å². The molecule has 1 heterocycles. The van der Waals surface area contributed by atoms with Gasteiger partial charge in [-0.3, -0.25) is 0 Å². The van der Waals surface area contributed by atoms with Crippen LogP contribution in [-0.2, 0) is 0 Å². The number of benzene rings is 2. The zero-order chi connectivity index (χ0) is 16.9. The molecular weight excluding hydrogens is 325 g/mol. The van der Waals surface area contributed by atoms with Gasteiger partial charge in [-0.05, 0) is 36.5 Å². The third-order valence-electron chi connectivity index (χ3n) is 4.11. The molecule has 3 rings (SSSR count). The van der Waals surface area contributed by atoms with E-state index in [0.717, 1.165) is 37.6 Å². The summed E-state index contributed by atoms with van der Waals surface area (Å²) in [5.74, 6) is 0.575. The first-order chi connectivity index (χ1) is 11.7. The van der Waals surface area contributed by atoms with Gasteiger partial charge in [0.15, 0.2) is 5.11 Å². The van der Waals surface area contributed by atoms with Crippen LogP contribution in [-0.4, -0.2) is 43.3 Å². The maximum absolute atomic E-state index is 13.7. The van der Waals surface area contributed by atoms with Crippen LogP contribution in [0.15, 0.2) is 48.5 Å². The van der Waals surface area contributed by atoms with Gasteiger partial charge in [0.05, 0.1) is 18.5 Å². The average Bonchev–Trinajstić information content (AvgIpc) is 2.63. The van der Waals surface area contributed by atoms with E-state index in [1.165, 1.54) is 6.07 Å². The molecule has 0 saturated carbocycles. The topological polar surface area (TPSA) is 27.7 Å². The molecule has 1 aliphatic heterocycles. The standard InChI is InChI=1S/C18H20FN3OS/c1-23-17-9-5-4-8-16(17)21-10-12-22(13-11-21)18(24)20-15-7-3-2-6-14(15)19/h2-9H,10-13H2,1H3,(H,20,24). The van der Waals surface area contributed by atoms with Crippen molar-refractivity contribution in [3.8, 4) is 5.75 Å². The van der Waals surface area contributed by atoms with Crippen LogP contribution in [0.1, 0.15) is 0 Å². The second-order valence-electron chi connectivity index (χ2n) is 5.56. The number of hydrogen-bond donors (Lipinski definition) is 1. The molecule has 2 aromatic carbocycles. The molecule has 0 amide bonds. The summed E-state index contributed by atoms with van der Waals surface area (Å²) >= 11 is 5.42. The zero-order valence-corrected chi connectivity index (χ0v) is 14.4. The summed E-state index contributed by atoms with van der Waals surface area (Å²) < 4.78 is 19.2. The van der Waals surface area contributed by atoms with Crippen LogP contribution in [0.25, 0.3) is 0 Å². The number of para-hydroxylation sites is 3. The van der Waals surface area contributed by atoms with Crippen LogP contribution in [0.2, 0.25) is 0 Å². The van der Waals surface area contributed by atoms with Crippen LogP contribution in [0.3, 0.4) is 0 Å². The van der Waals surface area contributed by atoms with E-state index in [2.05, 4.69) is 21.2 Å². The Morgan fingerprint density at radius 3 is 2.42 bits per heavy atom. The largest absolute Gasteiger partial charge is 0.495 e. The van der Waals surface area contributed by atoms with Gasteiger partial charge in [-0.25, -0.2) is 4.39 Å². The predicted molar refractivity (Wildman–Crippen MR) is 99.4 cm³/mol. The van der Waals surface area contributed by atoms with Gasteiger partial charge in [0.25, 0.3) is 0 Å². The van der Waals surface area contributed by atoms with Crippen LogP contribution in [0.4, 0.5) is 15.8 Å². The van der Waals surface area contributed by atoms with Crippen molar-refractivity contribution in [1.29, 1.82) is 0 Å². The number of anilines is 2. The van der Waals surface area contributed by atoms with E-state index in [4.69, 9.17) is 17.0 Å². The summed E-state index contributed by atoms with van der Waals surface area (Å²) in [5.41, 5.74) is 1.50. The lowest BCUT2D eigenvalue weighted by Gasteiger charge is -2.37. The van der Waals surface area contributed by atoms with Crippen LogP contribution >= 0.6 is 12.2 Å². The minimum atomic E-state index is -0.299. The lowest BCUT2D eigenvalue weighted by Crippen LogP contribution is -2.50. The van der Waals surface area contributed by atoms with Crippen molar-refractivity contribution < 1.29 is 9.13 Å². The third kappa shape index (κ3) is 3.59. The van der Waals surface area contributed by atoms with E-state index in [1.54, 1.807) is 25.3 Å². The first kappa shape index (κ1) is 16.5. The first-order valence-corrected chi connectivity index (χ1v) is 8.28. The van der Waals surface area contributed by atoms with Gasteiger partial charge in [0.1, 0.15) is 11.6 Å². The highest BCUT2D eigenvalue weighted by atomic mass is 32.1. The Balaban J connectivity index is 1.61. The minimum absolute atomic E-state index is 0.299. The van der Waals surface area contributed by atoms with E-state index in [-0.39, 0.29) is 5.82 Å². The molecule has 126 valence electrons. The van der Waals surface area contributed by atoms with Gasteiger partial charge in [0, 0.05) is 26.2 Å². The summed E-state index contributed by atoms with van der Waals surface area (Å²) in [7, 11) is 1.68. The summed E-state index contributed by atoms with van der Waals surface area (Å²) in [5, 5.41) is 3.55. The fourth-order valence-corrected chi connectivity index (χ4v) is 3.09. The Hall–Kier alpha value is -2.34. The van der Waals surface area contributed by atoms with E-state index in [1.807, 2.05) is 18.2 Å². The van der Waals surface area contributed by atoms with Crippen molar-refractivity contribution >= 4 is 28.7 Å². The smallest absolute Gasteiger partial charge is 0.173 e. The van der Waals surface area contributed by atoms with Crippen molar-refractivity contribution in [2.45, 2.75) is 0 Å². The molecule has 6 heteroatoms. The number of halogens is 1. The van der Waals surface area contributed by atoms with Gasteiger partial charge in [0.2, 0.25) is 0 Å². The Bertz CT molecular complexity index is 717. The molecule has 0 aliphatic carbocycles. The van der Waals surface area contributed by atoms with Crippen molar-refractivity contribution in [1.82, 2.24) is 4.90 Å². The number of nitrogens with one attached hydrogen (secondary N) is 1. The molecule has 1 aliphatic rings. The van der Waals surface area contributed by atoms with Crippen LogP contribution in [0.5, 0.6) is 5.75 Å². The second kappa shape index (κ2) is 7.49. The Kier molecular flexibility index (Phi) is 5.15. The number of piperazine rings is 1. The molecular formula is C18H20FN3OS. The average molecular weight is 345 g/mol. The Morgan fingerprint density at radius 2 is 1.71 bits per heavy atom. The second-order valence-corrected chi connectivity index (χ2v) is 5.94. The van der Waals surface area contributed by atoms with Gasteiger partial charge >= 0.3 is 0 Å². The normalized spacial score (nSPS) is 14.4. The maximum Gasteiger partial charge on any atom is 0.173 e. The highest BCUT2D eigenvalue weighted by Gasteiger charge is 2.21. The molecule has 0 spiro atoms. The van der Waals surface area contributed by atoms with Crippen molar-refractivity contribution in [3.05, 3.63) is 54.3 Å². The van der Waals surface area contributed by atoms with Crippen LogP contribution in [0, 0.1) is 5.82 Å². The van der Waals surface area contributed by atoms with Gasteiger partial charge < -0.3 is 19.9 Å². The molecule has 2 aromatic rings. The lowest BCUT2D eigenvalue weighted by atomic mass is 10.2. The number of methoxy groups -OCH3 is 1. The first-order valence-electron chi connectivity index (χ1n) is 7.87. The number of ether oxygens (including phenoxy) is 1. The molecule has 1 saturated heterocycles. The summed E-state index contributed by atoms with van der Waals surface area (Å²) in [4.78, 5) is 4.34. The molecule has 0 bridgehead atoms. The van der Waals surface area contributed by atoms with E-state index >= 15 is 0 Å². The Labute approximate surface area is 146 Å². The van der Waals surface area contributed by atoms with Crippen molar-refractivity contribution in [2.75, 3.05) is 43.5 Å². The predicted octanol–water partition coefficient (Wildman–Crippen LogP) is 3.35. The third-order valence-corrected chi connectivity index (χ3v) is 4.47. The van der Waals surface area contributed by atoms with Gasteiger partial charge in [-0.2, -0.15) is 0 Å². The highest BCUT2D eigenvalue weighted by molar-refractivity contribution is 7.80. The van der Waals surface area contributed by atoms with Crippen molar-refractivity contribution in [3.63, 3.8) is 0 Å². The Morgan fingerprint density at radius 1 is 1.04 bits per heavy atom. The molecule has 0 atom stereocenters. The van der Waals surface area contributed by atoms with E-state index in [9.17, 15) is 4.39 Å². The fraction of sp³-hybridized carbons (Fsp3) is 0.278. The molecule has 0 radical (unpaired) electrons. The summed E-state index contributed by atoms with van der Waals surface area (Å²) in [6, 6.07) is 14.6. The molecule has 24 heavy (non-hydrogen) atoms. The van der Waals surface area contributed by atoms with Crippen molar-refractivity contribution in [2.24, 2.45) is 0 Å². The molecule has 1 fully saturated rings. The zero-order valence-electron chi connectivity index (χ0n) is 13.5. The van der Waals surface area contributed by atoms with Gasteiger partial charge in [-0.15, -0.1) is 0 Å². The fourth-order valence-electron chi connectivity index (χ4n) is 2.80. The SMILES string of the molecule is COc1ccccc1N1CCN(C(=S)Nc2ccccc2F)CC1. The number of rotatable bonds is 3. The molecule has 4 nitrogen and oxygen atoms in total. The summed E-state index contributed by atoms with van der Waals surface area (Å²) in [6.07, 6.45) is 0. The molecule has 0 aromatic heterocycles. The molecule has 0 unspecified atom stereocenters. The number of thiocarbonyl (C=S) groups is 1. The molecule has 1 N–H and O–H groups in total. The number of hydrogen-bond acceptors (Lipinski definition) is 3. The van der Waals surface area contributed by atoms with E-state index < -0.39 is 0 Å². The van der Waals surface area contributed by atoms with Crippen LogP contribution < -0.4 is 15.0 Å². The maximum atomic E-state index is 13.7. The lowest BCUT2D eigenvalue weighted by molar-refractivity contribution is 0.381. The number of nitrogens with zero attached hydrogens (tertiary/aromatic N) is 2. The monoisotopic (exact) mass is 345 g/mol. The van der Waals surface area contributed by atoms with Gasteiger partial charge in [-0.1, -0.05) is 24.3 Å². The summed E-state index contributed by atoms with van der Waals surface area (Å²) in [6.45, 7) is 3.22.